The fourth-order valence-electron chi connectivity index (χ4n) is 4.52. The van der Waals surface area contributed by atoms with Gasteiger partial charge in [-0.05, 0) is 63.2 Å². The lowest BCUT2D eigenvalue weighted by Crippen LogP contribution is -2.63. The molecule has 0 N–H and O–H groups in total. The van der Waals surface area contributed by atoms with E-state index in [1.807, 2.05) is 12.3 Å². The first kappa shape index (κ1) is 12.8. The molecule has 1 spiro atoms. The van der Waals surface area contributed by atoms with Crippen molar-refractivity contribution in [3.63, 3.8) is 0 Å². The molecule has 110 valence electrons. The smallest absolute Gasteiger partial charge is 0.0531 e. The van der Waals surface area contributed by atoms with Crippen LogP contribution in [-0.4, -0.2) is 59.4 Å². The van der Waals surface area contributed by atoms with E-state index < -0.39 is 0 Å². The van der Waals surface area contributed by atoms with Crippen LogP contribution in [0.25, 0.3) is 0 Å². The molecule has 4 rings (SSSR count). The molecule has 0 atom stereocenters. The maximum absolute atomic E-state index is 4.38. The summed E-state index contributed by atoms with van der Waals surface area (Å²) in [5.41, 5.74) is 0.655. The van der Waals surface area contributed by atoms with Crippen molar-refractivity contribution in [3.05, 3.63) is 18.5 Å². The summed E-state index contributed by atoms with van der Waals surface area (Å²) in [6.45, 7) is 6.63. The minimum Gasteiger partial charge on any atom is -0.306 e. The molecular formula is C16H26N4. The molecule has 0 amide bonds. The minimum absolute atomic E-state index is 0.655. The van der Waals surface area contributed by atoms with Crippen LogP contribution in [0.2, 0.25) is 0 Å². The Labute approximate surface area is 121 Å². The third-order valence-corrected chi connectivity index (χ3v) is 5.71. The van der Waals surface area contributed by atoms with E-state index in [4.69, 9.17) is 0 Å². The molecule has 3 heterocycles. The van der Waals surface area contributed by atoms with Gasteiger partial charge < -0.3 is 9.80 Å². The van der Waals surface area contributed by atoms with Crippen molar-refractivity contribution in [2.75, 3.05) is 39.8 Å². The van der Waals surface area contributed by atoms with Crippen LogP contribution in [0, 0.1) is 11.3 Å². The van der Waals surface area contributed by atoms with Gasteiger partial charge in [-0.25, -0.2) is 0 Å². The second-order valence-corrected chi connectivity index (χ2v) is 7.46. The number of rotatable bonds is 3. The zero-order valence-corrected chi connectivity index (χ0v) is 12.5. The molecule has 0 unspecified atom stereocenters. The van der Waals surface area contributed by atoms with Crippen LogP contribution in [0.5, 0.6) is 0 Å². The Hall–Kier alpha value is -0.870. The number of piperidine rings is 1. The normalized spacial score (nSPS) is 28.4. The van der Waals surface area contributed by atoms with Crippen molar-refractivity contribution in [2.24, 2.45) is 11.3 Å². The van der Waals surface area contributed by atoms with Crippen molar-refractivity contribution in [3.8, 4) is 0 Å². The Morgan fingerprint density at radius 2 is 1.95 bits per heavy atom. The molecule has 0 radical (unpaired) electrons. The molecule has 4 heteroatoms. The number of aromatic nitrogens is 2. The molecule has 2 aliphatic heterocycles. The lowest BCUT2D eigenvalue weighted by Gasteiger charge is -2.59. The average Bonchev–Trinajstić information content (AvgIpc) is 2.86. The summed E-state index contributed by atoms with van der Waals surface area (Å²) in [6, 6.07) is 2.72. The van der Waals surface area contributed by atoms with E-state index in [-0.39, 0.29) is 0 Å². The van der Waals surface area contributed by atoms with Gasteiger partial charge in [0.25, 0.3) is 0 Å². The number of hydrogen-bond acceptors (Lipinski definition) is 3. The summed E-state index contributed by atoms with van der Waals surface area (Å²) in [4.78, 5) is 5.17. The highest BCUT2D eigenvalue weighted by Gasteiger charge is 2.53. The highest BCUT2D eigenvalue weighted by Crippen LogP contribution is 2.53. The van der Waals surface area contributed by atoms with Crippen LogP contribution in [-0.2, 0) is 0 Å². The maximum Gasteiger partial charge on any atom is 0.0531 e. The van der Waals surface area contributed by atoms with Crippen LogP contribution in [0.1, 0.15) is 31.7 Å². The first-order chi connectivity index (χ1) is 9.72. The molecule has 0 aromatic carbocycles. The van der Waals surface area contributed by atoms with E-state index >= 15 is 0 Å². The molecule has 2 saturated heterocycles. The zero-order chi connectivity index (χ0) is 13.6. The molecule has 0 bridgehead atoms. The van der Waals surface area contributed by atoms with Gasteiger partial charge >= 0.3 is 0 Å². The lowest BCUT2D eigenvalue weighted by molar-refractivity contribution is -0.0985. The molecule has 3 aliphatic rings. The Morgan fingerprint density at radius 3 is 2.60 bits per heavy atom. The molecule has 1 aliphatic carbocycles. The zero-order valence-electron chi connectivity index (χ0n) is 12.5. The molecule has 20 heavy (non-hydrogen) atoms. The largest absolute Gasteiger partial charge is 0.306 e. The predicted molar refractivity (Wildman–Crippen MR) is 79.6 cm³/mol. The summed E-state index contributed by atoms with van der Waals surface area (Å²) in [7, 11) is 2.25. The predicted octanol–water partition coefficient (Wildman–Crippen LogP) is 1.86. The lowest BCUT2D eigenvalue weighted by atomic mass is 9.60. The van der Waals surface area contributed by atoms with E-state index in [0.29, 0.717) is 11.5 Å². The van der Waals surface area contributed by atoms with Gasteiger partial charge in [-0.2, -0.15) is 5.10 Å². The minimum atomic E-state index is 0.655. The van der Waals surface area contributed by atoms with Crippen molar-refractivity contribution < 1.29 is 0 Å². The second kappa shape index (κ2) is 4.85. The van der Waals surface area contributed by atoms with Crippen LogP contribution in [0.4, 0.5) is 0 Å². The van der Waals surface area contributed by atoms with Gasteiger partial charge in [-0.3, -0.25) is 4.68 Å². The Kier molecular flexibility index (Phi) is 3.11. The molecule has 1 saturated carbocycles. The maximum atomic E-state index is 4.38. The summed E-state index contributed by atoms with van der Waals surface area (Å²) in [6.07, 6.45) is 9.51. The Morgan fingerprint density at radius 1 is 1.20 bits per heavy atom. The third-order valence-electron chi connectivity index (χ3n) is 5.71. The SMILES string of the molecule is CN1CCC(CN2CC3(CC(n4cccn4)C3)C2)CC1. The van der Waals surface area contributed by atoms with Crippen molar-refractivity contribution in [2.45, 2.75) is 31.7 Å². The van der Waals surface area contributed by atoms with E-state index in [1.54, 1.807) is 0 Å². The van der Waals surface area contributed by atoms with Gasteiger partial charge in [0.05, 0.1) is 6.04 Å². The molecule has 1 aromatic rings. The van der Waals surface area contributed by atoms with E-state index in [9.17, 15) is 0 Å². The summed E-state index contributed by atoms with van der Waals surface area (Å²) < 4.78 is 2.16. The second-order valence-electron chi connectivity index (χ2n) is 7.46. The standard InChI is InChI=1S/C16H26N4/c1-18-7-3-14(4-8-18)11-19-12-16(13-19)9-15(10-16)20-6-2-5-17-20/h2,5-6,14-15H,3-4,7-13H2,1H3. The van der Waals surface area contributed by atoms with Gasteiger partial charge in [0.1, 0.15) is 0 Å². The molecular weight excluding hydrogens is 248 g/mol. The summed E-state index contributed by atoms with van der Waals surface area (Å²) in [5, 5.41) is 4.38. The fourth-order valence-corrected chi connectivity index (χ4v) is 4.52. The highest BCUT2D eigenvalue weighted by atomic mass is 15.3. The first-order valence-corrected chi connectivity index (χ1v) is 8.13. The number of likely N-dealkylation sites (tertiary alicyclic amines) is 2. The van der Waals surface area contributed by atoms with Gasteiger partial charge in [-0.1, -0.05) is 0 Å². The van der Waals surface area contributed by atoms with E-state index in [1.165, 1.54) is 58.4 Å². The molecule has 4 nitrogen and oxygen atoms in total. The van der Waals surface area contributed by atoms with Crippen LogP contribution in [0.3, 0.4) is 0 Å². The van der Waals surface area contributed by atoms with Gasteiger partial charge in [-0.15, -0.1) is 0 Å². The number of hydrogen-bond donors (Lipinski definition) is 0. The van der Waals surface area contributed by atoms with Crippen molar-refractivity contribution in [1.82, 2.24) is 19.6 Å². The van der Waals surface area contributed by atoms with Gasteiger partial charge in [0, 0.05) is 32.0 Å². The van der Waals surface area contributed by atoms with Crippen LogP contribution in [0.15, 0.2) is 18.5 Å². The van der Waals surface area contributed by atoms with E-state index in [2.05, 4.69) is 32.8 Å². The first-order valence-electron chi connectivity index (χ1n) is 8.13. The summed E-state index contributed by atoms with van der Waals surface area (Å²) in [5.74, 6) is 0.950. The topological polar surface area (TPSA) is 24.3 Å². The molecule has 1 aromatic heterocycles. The molecule has 3 fully saturated rings. The number of nitrogens with zero attached hydrogens (tertiary/aromatic N) is 4. The van der Waals surface area contributed by atoms with Crippen LogP contribution < -0.4 is 0 Å². The van der Waals surface area contributed by atoms with Crippen molar-refractivity contribution >= 4 is 0 Å². The Bertz CT molecular complexity index is 433. The van der Waals surface area contributed by atoms with Gasteiger partial charge in [0.2, 0.25) is 0 Å². The highest BCUT2D eigenvalue weighted by molar-refractivity contribution is 5.06. The monoisotopic (exact) mass is 274 g/mol. The summed E-state index contributed by atoms with van der Waals surface area (Å²) >= 11 is 0. The Balaban J connectivity index is 1.21. The van der Waals surface area contributed by atoms with Gasteiger partial charge in [0.15, 0.2) is 0 Å². The van der Waals surface area contributed by atoms with Crippen LogP contribution >= 0.6 is 0 Å². The quantitative estimate of drug-likeness (QED) is 0.841. The van der Waals surface area contributed by atoms with E-state index in [0.717, 1.165) is 5.92 Å². The van der Waals surface area contributed by atoms with Crippen molar-refractivity contribution in [1.29, 1.82) is 0 Å². The average molecular weight is 274 g/mol. The fraction of sp³-hybridized carbons (Fsp3) is 0.812. The third kappa shape index (κ3) is 2.29.